The van der Waals surface area contributed by atoms with Gasteiger partial charge in [-0.25, -0.2) is 4.79 Å². The summed E-state index contributed by atoms with van der Waals surface area (Å²) in [7, 11) is 0. The number of alkyl halides is 1. The molecule has 0 bridgehead atoms. The molecule has 2 N–H and O–H groups in total. The van der Waals surface area contributed by atoms with Crippen LogP contribution in [-0.2, 0) is 0 Å². The summed E-state index contributed by atoms with van der Waals surface area (Å²) in [5.74, 6) is 1.45. The highest BCUT2D eigenvalue weighted by atomic mass is 79.9. The number of H-pyrrole nitrogens is 2. The van der Waals surface area contributed by atoms with Crippen LogP contribution >= 0.6 is 31.9 Å². The Labute approximate surface area is 122 Å². The van der Waals surface area contributed by atoms with E-state index in [0.717, 1.165) is 21.4 Å². The standard InChI is InChI=1S/C13H14Br2N2O/c1-6(7-2-3-7)12(15)8-4-10-11(5-9(8)14)17-13(18)16-10/h4-7,12H,2-3H2,1H3,(H2,16,17,18). The second kappa shape index (κ2) is 4.53. The van der Waals surface area contributed by atoms with E-state index in [-0.39, 0.29) is 5.69 Å². The third-order valence-corrected chi connectivity index (χ3v) is 5.77. The Kier molecular flexibility index (Phi) is 3.14. The van der Waals surface area contributed by atoms with Crippen LogP contribution in [0.2, 0.25) is 0 Å². The molecule has 1 aromatic heterocycles. The van der Waals surface area contributed by atoms with Gasteiger partial charge in [-0.15, -0.1) is 0 Å². The van der Waals surface area contributed by atoms with Gasteiger partial charge in [0.15, 0.2) is 0 Å². The number of halogens is 2. The van der Waals surface area contributed by atoms with Gasteiger partial charge in [0.1, 0.15) is 0 Å². The highest BCUT2D eigenvalue weighted by Crippen LogP contribution is 2.47. The van der Waals surface area contributed by atoms with E-state index in [1.54, 1.807) is 0 Å². The van der Waals surface area contributed by atoms with Crippen molar-refractivity contribution in [1.82, 2.24) is 9.97 Å². The molecule has 1 heterocycles. The van der Waals surface area contributed by atoms with Crippen LogP contribution in [0.5, 0.6) is 0 Å². The first-order chi connectivity index (χ1) is 8.56. The van der Waals surface area contributed by atoms with E-state index >= 15 is 0 Å². The lowest BCUT2D eigenvalue weighted by molar-refractivity contribution is 0.502. The molecule has 0 spiro atoms. The summed E-state index contributed by atoms with van der Waals surface area (Å²) in [6.45, 7) is 2.29. The fourth-order valence-corrected chi connectivity index (χ4v) is 4.14. The van der Waals surface area contributed by atoms with Crippen LogP contribution in [0, 0.1) is 11.8 Å². The van der Waals surface area contributed by atoms with E-state index in [2.05, 4.69) is 54.8 Å². The van der Waals surface area contributed by atoms with E-state index in [4.69, 9.17) is 0 Å². The summed E-state index contributed by atoms with van der Waals surface area (Å²) < 4.78 is 1.04. The lowest BCUT2D eigenvalue weighted by Crippen LogP contribution is -2.06. The number of rotatable bonds is 3. The number of hydrogen-bond donors (Lipinski definition) is 2. The fourth-order valence-electron chi connectivity index (χ4n) is 2.43. The number of imidazole rings is 1. The van der Waals surface area contributed by atoms with Crippen molar-refractivity contribution < 1.29 is 0 Å². The summed E-state index contributed by atoms with van der Waals surface area (Å²) in [6, 6.07) is 4.02. The molecule has 2 unspecified atom stereocenters. The minimum atomic E-state index is -0.157. The summed E-state index contributed by atoms with van der Waals surface area (Å²) >= 11 is 7.40. The van der Waals surface area contributed by atoms with Crippen molar-refractivity contribution >= 4 is 42.9 Å². The zero-order chi connectivity index (χ0) is 12.9. The Balaban J connectivity index is 2.04. The highest BCUT2D eigenvalue weighted by molar-refractivity contribution is 9.11. The number of hydrogen-bond acceptors (Lipinski definition) is 1. The smallest absolute Gasteiger partial charge is 0.306 e. The molecule has 0 radical (unpaired) electrons. The van der Waals surface area contributed by atoms with Gasteiger partial charge in [0.2, 0.25) is 0 Å². The quantitative estimate of drug-likeness (QED) is 0.781. The first kappa shape index (κ1) is 12.5. The molecule has 2 atom stereocenters. The molecule has 0 amide bonds. The molecular weight excluding hydrogens is 360 g/mol. The Morgan fingerprint density at radius 1 is 1.28 bits per heavy atom. The Morgan fingerprint density at radius 3 is 2.50 bits per heavy atom. The number of fused-ring (bicyclic) bond motifs is 1. The summed E-state index contributed by atoms with van der Waals surface area (Å²) in [6.07, 6.45) is 2.67. The molecule has 5 heteroatoms. The first-order valence-corrected chi connectivity index (χ1v) is 7.82. The van der Waals surface area contributed by atoms with Crippen molar-refractivity contribution in [1.29, 1.82) is 0 Å². The van der Waals surface area contributed by atoms with Crippen LogP contribution in [0.3, 0.4) is 0 Å². The molecule has 3 nitrogen and oxygen atoms in total. The molecule has 1 aliphatic rings. The van der Waals surface area contributed by atoms with Gasteiger partial charge in [0, 0.05) is 9.30 Å². The minimum absolute atomic E-state index is 0.157. The molecule has 1 aromatic carbocycles. The third kappa shape index (κ3) is 2.18. The number of aromatic nitrogens is 2. The van der Waals surface area contributed by atoms with E-state index < -0.39 is 0 Å². The van der Waals surface area contributed by atoms with Crippen molar-refractivity contribution in [2.24, 2.45) is 11.8 Å². The second-order valence-corrected chi connectivity index (χ2v) is 6.94. The van der Waals surface area contributed by atoms with Crippen LogP contribution in [0.4, 0.5) is 0 Å². The van der Waals surface area contributed by atoms with Crippen LogP contribution in [-0.4, -0.2) is 9.97 Å². The topological polar surface area (TPSA) is 48.6 Å². The molecule has 1 fully saturated rings. The van der Waals surface area contributed by atoms with Gasteiger partial charge in [-0.05, 0) is 42.4 Å². The largest absolute Gasteiger partial charge is 0.323 e. The molecule has 1 saturated carbocycles. The Hall–Kier alpha value is -0.550. The maximum absolute atomic E-state index is 11.3. The van der Waals surface area contributed by atoms with E-state index in [0.29, 0.717) is 10.7 Å². The van der Waals surface area contributed by atoms with Crippen molar-refractivity contribution in [2.45, 2.75) is 24.6 Å². The van der Waals surface area contributed by atoms with Gasteiger partial charge in [0.25, 0.3) is 0 Å². The lowest BCUT2D eigenvalue weighted by Gasteiger charge is -2.19. The van der Waals surface area contributed by atoms with E-state index in [1.807, 2.05) is 6.07 Å². The maximum Gasteiger partial charge on any atom is 0.323 e. The van der Waals surface area contributed by atoms with Crippen LogP contribution in [0.1, 0.15) is 30.2 Å². The predicted octanol–water partition coefficient (Wildman–Crippen LogP) is 4.10. The average molecular weight is 374 g/mol. The second-order valence-electron chi connectivity index (χ2n) is 5.10. The molecule has 1 aliphatic carbocycles. The van der Waals surface area contributed by atoms with Crippen molar-refractivity contribution in [3.8, 4) is 0 Å². The highest BCUT2D eigenvalue weighted by Gasteiger charge is 2.33. The molecule has 0 saturated heterocycles. The Morgan fingerprint density at radius 2 is 1.89 bits per heavy atom. The molecule has 3 rings (SSSR count). The van der Waals surface area contributed by atoms with Crippen molar-refractivity contribution in [2.75, 3.05) is 0 Å². The predicted molar refractivity (Wildman–Crippen MR) is 80.2 cm³/mol. The monoisotopic (exact) mass is 372 g/mol. The minimum Gasteiger partial charge on any atom is -0.306 e. The van der Waals surface area contributed by atoms with E-state index in [1.165, 1.54) is 18.4 Å². The molecular formula is C13H14Br2N2O. The number of nitrogens with one attached hydrogen (secondary N) is 2. The SMILES string of the molecule is CC(C1CC1)C(Br)c1cc2[nH]c(=O)[nH]c2cc1Br. The van der Waals surface area contributed by atoms with Crippen molar-refractivity contribution in [3.63, 3.8) is 0 Å². The Bertz CT molecular complexity index is 642. The zero-order valence-corrected chi connectivity index (χ0v) is 13.1. The van der Waals surface area contributed by atoms with Gasteiger partial charge < -0.3 is 9.97 Å². The average Bonchev–Trinajstić information content (AvgIpc) is 3.09. The van der Waals surface area contributed by atoms with Crippen LogP contribution < -0.4 is 5.69 Å². The fraction of sp³-hybridized carbons (Fsp3) is 0.462. The van der Waals surface area contributed by atoms with Gasteiger partial charge in [-0.1, -0.05) is 38.8 Å². The molecule has 18 heavy (non-hydrogen) atoms. The third-order valence-electron chi connectivity index (χ3n) is 3.76. The maximum atomic E-state index is 11.3. The van der Waals surface area contributed by atoms with Crippen LogP contribution in [0.25, 0.3) is 11.0 Å². The van der Waals surface area contributed by atoms with E-state index in [9.17, 15) is 4.79 Å². The summed E-state index contributed by atoms with van der Waals surface area (Å²) in [5.41, 5.74) is 2.76. The van der Waals surface area contributed by atoms with Crippen molar-refractivity contribution in [3.05, 3.63) is 32.7 Å². The summed E-state index contributed by atoms with van der Waals surface area (Å²) in [5, 5.41) is 0. The van der Waals surface area contributed by atoms with Gasteiger partial charge in [-0.3, -0.25) is 0 Å². The van der Waals surface area contributed by atoms with Crippen LogP contribution in [0.15, 0.2) is 21.4 Å². The molecule has 0 aliphatic heterocycles. The first-order valence-electron chi connectivity index (χ1n) is 6.12. The number of aromatic amines is 2. The molecule has 96 valence electrons. The van der Waals surface area contributed by atoms with Gasteiger partial charge >= 0.3 is 5.69 Å². The summed E-state index contributed by atoms with van der Waals surface area (Å²) in [4.78, 5) is 17.2. The molecule has 2 aromatic rings. The lowest BCUT2D eigenvalue weighted by atomic mass is 9.96. The zero-order valence-electron chi connectivity index (χ0n) is 9.97. The number of benzene rings is 1. The van der Waals surface area contributed by atoms with Gasteiger partial charge in [-0.2, -0.15) is 0 Å². The normalized spacial score (nSPS) is 19.1. The van der Waals surface area contributed by atoms with Gasteiger partial charge in [0.05, 0.1) is 11.0 Å².